The van der Waals surface area contributed by atoms with Gasteiger partial charge in [-0.25, -0.2) is 9.48 Å². The lowest BCUT2D eigenvalue weighted by molar-refractivity contribution is -0.120. The topological polar surface area (TPSA) is 84.2 Å². The minimum atomic E-state index is -1.06. The van der Waals surface area contributed by atoms with Gasteiger partial charge in [0.05, 0.1) is 10.9 Å². The minimum Gasteiger partial charge on any atom is -0.476 e. The molecule has 2 aromatic rings. The quantitative estimate of drug-likeness (QED) is 0.671. The molecule has 1 aromatic heterocycles. The summed E-state index contributed by atoms with van der Waals surface area (Å²) in [6.45, 7) is 4.49. The van der Waals surface area contributed by atoms with Crippen molar-refractivity contribution in [2.24, 2.45) is 0 Å². The van der Waals surface area contributed by atoms with Crippen LogP contribution in [0.3, 0.4) is 0 Å². The van der Waals surface area contributed by atoms with Gasteiger partial charge in [-0.05, 0) is 42.9 Å². The Labute approximate surface area is 151 Å². The minimum absolute atomic E-state index is 0.00312. The van der Waals surface area contributed by atoms with E-state index in [1.165, 1.54) is 10.7 Å². The molecular formula is C18H23N3O3S. The van der Waals surface area contributed by atoms with E-state index in [1.54, 1.807) is 18.0 Å². The van der Waals surface area contributed by atoms with Crippen LogP contribution in [0.5, 0.6) is 0 Å². The lowest BCUT2D eigenvalue weighted by Crippen LogP contribution is -2.30. The van der Waals surface area contributed by atoms with Gasteiger partial charge in [-0.2, -0.15) is 5.10 Å². The number of hydrogen-bond donors (Lipinski definition) is 2. The Bertz CT molecular complexity index is 730. The van der Waals surface area contributed by atoms with Crippen molar-refractivity contribution in [1.82, 2.24) is 15.1 Å². The van der Waals surface area contributed by atoms with Crippen molar-refractivity contribution < 1.29 is 14.7 Å². The molecule has 0 bridgehead atoms. The van der Waals surface area contributed by atoms with E-state index >= 15 is 0 Å². The van der Waals surface area contributed by atoms with E-state index in [2.05, 4.69) is 17.3 Å². The van der Waals surface area contributed by atoms with Gasteiger partial charge in [0.2, 0.25) is 5.91 Å². The van der Waals surface area contributed by atoms with E-state index in [-0.39, 0.29) is 16.9 Å². The smallest absolute Gasteiger partial charge is 0.356 e. The van der Waals surface area contributed by atoms with Crippen molar-refractivity contribution >= 4 is 23.6 Å². The van der Waals surface area contributed by atoms with E-state index in [0.717, 1.165) is 29.8 Å². The van der Waals surface area contributed by atoms with E-state index in [0.29, 0.717) is 6.54 Å². The molecule has 0 saturated heterocycles. The fourth-order valence-electron chi connectivity index (χ4n) is 2.20. The molecule has 0 spiro atoms. The molecule has 1 atom stereocenters. The van der Waals surface area contributed by atoms with Gasteiger partial charge in [0.1, 0.15) is 0 Å². The van der Waals surface area contributed by atoms with Gasteiger partial charge in [-0.3, -0.25) is 4.79 Å². The highest BCUT2D eigenvalue weighted by Gasteiger charge is 2.13. The molecule has 6 nitrogen and oxygen atoms in total. The first-order valence-corrected chi connectivity index (χ1v) is 9.33. The zero-order valence-corrected chi connectivity index (χ0v) is 15.3. The van der Waals surface area contributed by atoms with Crippen LogP contribution in [0.25, 0.3) is 5.69 Å². The summed E-state index contributed by atoms with van der Waals surface area (Å²) < 4.78 is 1.51. The standard InChI is InChI=1S/C18H23N3O3S/c1-3-4-10-25-13(2)17(22)19-12-14-6-5-7-15(11-14)21-9-8-16(20-21)18(23)24/h5-9,11,13H,3-4,10,12H2,1-2H3,(H,19,22)(H,23,24). The maximum absolute atomic E-state index is 12.1. The maximum Gasteiger partial charge on any atom is 0.356 e. The fraction of sp³-hybridized carbons (Fsp3) is 0.389. The van der Waals surface area contributed by atoms with Crippen LogP contribution in [0.15, 0.2) is 36.5 Å². The summed E-state index contributed by atoms with van der Waals surface area (Å²) in [5.41, 5.74) is 1.69. The predicted molar refractivity (Wildman–Crippen MR) is 99.2 cm³/mol. The van der Waals surface area contributed by atoms with Gasteiger partial charge in [-0.1, -0.05) is 25.5 Å². The molecule has 1 heterocycles. The molecule has 2 N–H and O–H groups in total. The van der Waals surface area contributed by atoms with Crippen LogP contribution in [0.1, 0.15) is 42.7 Å². The highest BCUT2D eigenvalue weighted by atomic mass is 32.2. The molecule has 0 fully saturated rings. The van der Waals surface area contributed by atoms with E-state index < -0.39 is 5.97 Å². The van der Waals surface area contributed by atoms with Crippen LogP contribution in [0, 0.1) is 0 Å². The van der Waals surface area contributed by atoms with Crippen LogP contribution in [-0.4, -0.2) is 37.8 Å². The molecule has 0 saturated carbocycles. The first kappa shape index (κ1) is 19.1. The Kier molecular flexibility index (Phi) is 7.06. The first-order chi connectivity index (χ1) is 12.0. The molecule has 1 unspecified atom stereocenters. The molecule has 0 aliphatic heterocycles. The number of benzene rings is 1. The average Bonchev–Trinajstić information content (AvgIpc) is 3.10. The van der Waals surface area contributed by atoms with Crippen LogP contribution in [0.2, 0.25) is 0 Å². The molecule has 0 radical (unpaired) electrons. The van der Waals surface area contributed by atoms with E-state index in [4.69, 9.17) is 5.11 Å². The molecule has 0 aliphatic rings. The number of nitrogens with zero attached hydrogens (tertiary/aromatic N) is 2. The Balaban J connectivity index is 1.94. The largest absolute Gasteiger partial charge is 0.476 e. The molecular weight excluding hydrogens is 338 g/mol. The number of carboxylic acid groups (broad SMARTS) is 1. The van der Waals surface area contributed by atoms with Gasteiger partial charge in [0.15, 0.2) is 5.69 Å². The number of nitrogens with one attached hydrogen (secondary N) is 1. The maximum atomic E-state index is 12.1. The third kappa shape index (κ3) is 5.63. The van der Waals surface area contributed by atoms with Crippen molar-refractivity contribution in [3.8, 4) is 5.69 Å². The van der Waals surface area contributed by atoms with Gasteiger partial charge in [-0.15, -0.1) is 11.8 Å². The zero-order chi connectivity index (χ0) is 18.2. The highest BCUT2D eigenvalue weighted by molar-refractivity contribution is 8.00. The molecule has 25 heavy (non-hydrogen) atoms. The third-order valence-corrected chi connectivity index (χ3v) is 4.92. The summed E-state index contributed by atoms with van der Waals surface area (Å²) in [5.74, 6) is -0.0401. The SMILES string of the molecule is CCCCSC(C)C(=O)NCc1cccc(-n2ccc(C(=O)O)n2)c1. The van der Waals surface area contributed by atoms with E-state index in [9.17, 15) is 9.59 Å². The summed E-state index contributed by atoms with van der Waals surface area (Å²) in [4.78, 5) is 23.1. The second-order valence-corrected chi connectivity index (χ2v) is 7.15. The van der Waals surface area contributed by atoms with Crippen molar-refractivity contribution in [3.05, 3.63) is 47.8 Å². The Morgan fingerprint density at radius 1 is 1.36 bits per heavy atom. The summed E-state index contributed by atoms with van der Waals surface area (Å²) >= 11 is 1.67. The van der Waals surface area contributed by atoms with Gasteiger partial charge >= 0.3 is 5.97 Å². The fourth-order valence-corrected chi connectivity index (χ4v) is 3.25. The Hall–Kier alpha value is -2.28. The number of thioether (sulfide) groups is 1. The van der Waals surface area contributed by atoms with Crippen molar-refractivity contribution in [2.45, 2.75) is 38.5 Å². The molecule has 134 valence electrons. The zero-order valence-electron chi connectivity index (χ0n) is 14.4. The molecule has 0 aliphatic carbocycles. The number of amides is 1. The van der Waals surface area contributed by atoms with Gasteiger partial charge < -0.3 is 10.4 Å². The summed E-state index contributed by atoms with van der Waals surface area (Å²) in [6.07, 6.45) is 3.85. The van der Waals surface area contributed by atoms with Gasteiger partial charge in [0, 0.05) is 12.7 Å². The van der Waals surface area contributed by atoms with Crippen molar-refractivity contribution in [2.75, 3.05) is 5.75 Å². The van der Waals surface area contributed by atoms with Crippen molar-refractivity contribution in [1.29, 1.82) is 0 Å². The number of hydrogen-bond acceptors (Lipinski definition) is 4. The van der Waals surface area contributed by atoms with Crippen LogP contribution < -0.4 is 5.32 Å². The number of rotatable bonds is 9. The number of carbonyl (C=O) groups is 2. The second-order valence-electron chi connectivity index (χ2n) is 5.70. The summed E-state index contributed by atoms with van der Waals surface area (Å²) in [5, 5.41) is 15.8. The number of carbonyl (C=O) groups excluding carboxylic acids is 1. The second kappa shape index (κ2) is 9.27. The van der Waals surface area contributed by atoms with Gasteiger partial charge in [0.25, 0.3) is 0 Å². The lowest BCUT2D eigenvalue weighted by Gasteiger charge is -2.12. The average molecular weight is 361 g/mol. The van der Waals surface area contributed by atoms with Crippen LogP contribution in [-0.2, 0) is 11.3 Å². The molecule has 2 rings (SSSR count). The number of unbranched alkanes of at least 4 members (excludes halogenated alkanes) is 1. The third-order valence-electron chi connectivity index (χ3n) is 3.69. The number of carboxylic acids is 1. The number of aromatic carboxylic acids is 1. The number of aromatic nitrogens is 2. The monoisotopic (exact) mass is 361 g/mol. The summed E-state index contributed by atoms with van der Waals surface area (Å²) in [6, 6.07) is 8.95. The van der Waals surface area contributed by atoms with Crippen LogP contribution in [0.4, 0.5) is 0 Å². The van der Waals surface area contributed by atoms with Crippen LogP contribution >= 0.6 is 11.8 Å². The summed E-state index contributed by atoms with van der Waals surface area (Å²) in [7, 11) is 0. The molecule has 1 aromatic carbocycles. The lowest BCUT2D eigenvalue weighted by atomic mass is 10.2. The Morgan fingerprint density at radius 2 is 2.16 bits per heavy atom. The Morgan fingerprint density at radius 3 is 2.84 bits per heavy atom. The van der Waals surface area contributed by atoms with E-state index in [1.807, 2.05) is 31.2 Å². The van der Waals surface area contributed by atoms with Crippen molar-refractivity contribution in [3.63, 3.8) is 0 Å². The highest BCUT2D eigenvalue weighted by Crippen LogP contribution is 2.14. The predicted octanol–water partition coefficient (Wildman–Crippen LogP) is 3.11. The molecule has 7 heteroatoms. The normalized spacial score (nSPS) is 11.9. The molecule has 1 amide bonds. The first-order valence-electron chi connectivity index (χ1n) is 8.29.